The van der Waals surface area contributed by atoms with Crippen molar-refractivity contribution in [2.45, 2.75) is 38.8 Å². The maximum absolute atomic E-state index is 13.5. The number of piperazine rings is 1. The number of anilines is 2. The molecule has 11 heteroatoms. The Morgan fingerprint density at radius 3 is 2.38 bits per heavy atom. The lowest BCUT2D eigenvalue weighted by Crippen LogP contribution is -2.53. The van der Waals surface area contributed by atoms with Crippen molar-refractivity contribution in [2.24, 2.45) is 0 Å². The normalized spacial score (nSPS) is 18.3. The first kappa shape index (κ1) is 29.0. The van der Waals surface area contributed by atoms with Crippen LogP contribution in [0.1, 0.15) is 45.7 Å². The van der Waals surface area contributed by atoms with E-state index in [9.17, 15) is 14.4 Å². The van der Waals surface area contributed by atoms with E-state index in [1.165, 1.54) is 11.1 Å². The van der Waals surface area contributed by atoms with Crippen molar-refractivity contribution in [1.82, 2.24) is 30.0 Å². The van der Waals surface area contributed by atoms with Gasteiger partial charge in [0, 0.05) is 50.1 Å². The van der Waals surface area contributed by atoms with Crippen molar-refractivity contribution in [3.8, 4) is 5.82 Å². The Kier molecular flexibility index (Phi) is 7.25. The molecule has 0 saturated carbocycles. The number of aryl methyl sites for hydroxylation is 1. The fourth-order valence-electron chi connectivity index (χ4n) is 7.01. The van der Waals surface area contributed by atoms with Crippen LogP contribution in [0.15, 0.2) is 79.1 Å². The highest BCUT2D eigenvalue weighted by atomic mass is 16.2. The number of amides is 3. The molecular weight excluding hydrogens is 592 g/mol. The van der Waals surface area contributed by atoms with Crippen LogP contribution in [-0.4, -0.2) is 74.6 Å². The van der Waals surface area contributed by atoms with Crippen molar-refractivity contribution in [3.63, 3.8) is 0 Å². The van der Waals surface area contributed by atoms with Gasteiger partial charge >= 0.3 is 0 Å². The molecule has 3 amide bonds. The molecule has 47 heavy (non-hydrogen) atoms. The van der Waals surface area contributed by atoms with Gasteiger partial charge in [-0.3, -0.25) is 29.5 Å². The third kappa shape index (κ3) is 5.42. The third-order valence-electron chi connectivity index (χ3n) is 9.42. The lowest BCUT2D eigenvalue weighted by Gasteiger charge is -2.35. The van der Waals surface area contributed by atoms with Crippen LogP contribution in [-0.2, 0) is 22.6 Å². The molecule has 2 aromatic heterocycles. The van der Waals surface area contributed by atoms with Crippen LogP contribution in [0.5, 0.6) is 0 Å². The molecule has 0 spiro atoms. The number of hydrogen-bond donors (Lipinski definition) is 1. The summed E-state index contributed by atoms with van der Waals surface area (Å²) in [4.78, 5) is 53.3. The molecule has 5 aromatic rings. The second-order valence-corrected chi connectivity index (χ2v) is 12.5. The molecule has 3 aliphatic rings. The number of carbonyl (C=O) groups is 3. The van der Waals surface area contributed by atoms with Crippen molar-refractivity contribution in [2.75, 3.05) is 36.0 Å². The highest BCUT2D eigenvalue weighted by Gasteiger charge is 2.40. The van der Waals surface area contributed by atoms with E-state index in [0.29, 0.717) is 12.0 Å². The minimum Gasteiger partial charge on any atom is -0.354 e. The smallest absolute Gasteiger partial charge is 0.259 e. The Labute approximate surface area is 271 Å². The highest BCUT2D eigenvalue weighted by Crippen LogP contribution is 2.41. The lowest BCUT2D eigenvalue weighted by molar-refractivity contribution is -0.134. The van der Waals surface area contributed by atoms with Crippen LogP contribution < -0.4 is 15.1 Å². The van der Waals surface area contributed by atoms with Crippen LogP contribution in [0.25, 0.3) is 16.6 Å². The fourth-order valence-corrected chi connectivity index (χ4v) is 7.01. The molecule has 0 unspecified atom stereocenters. The van der Waals surface area contributed by atoms with E-state index >= 15 is 0 Å². The molecule has 236 valence electrons. The number of benzene rings is 3. The lowest BCUT2D eigenvalue weighted by atomic mass is 9.95. The van der Waals surface area contributed by atoms with E-state index in [0.717, 1.165) is 78.6 Å². The summed E-state index contributed by atoms with van der Waals surface area (Å²) >= 11 is 0. The monoisotopic (exact) mass is 626 g/mol. The summed E-state index contributed by atoms with van der Waals surface area (Å²) in [5.74, 6) is 1.55. The summed E-state index contributed by atoms with van der Waals surface area (Å²) in [5, 5.41) is 8.67. The average molecular weight is 627 g/mol. The molecule has 0 bridgehead atoms. The van der Waals surface area contributed by atoms with Gasteiger partial charge in [-0.1, -0.05) is 48.5 Å². The van der Waals surface area contributed by atoms with Gasteiger partial charge in [-0.15, -0.1) is 0 Å². The number of hydrogen-bond acceptors (Lipinski definition) is 8. The van der Waals surface area contributed by atoms with E-state index in [1.807, 2.05) is 43.3 Å². The van der Waals surface area contributed by atoms with Crippen LogP contribution in [0.4, 0.5) is 11.5 Å². The molecule has 1 atom stereocenters. The predicted octanol–water partition coefficient (Wildman–Crippen LogP) is 3.80. The number of nitrogens with zero attached hydrogens (tertiary/aromatic N) is 7. The standard InChI is InChI=1S/C36H34N8O3/c1-23-37-22-43(40-23)32-7-3-6-31(38-32)42-18-16-41(17-19-42)21-25-10-8-24(9-11-25)20-26-12-13-29-34-27(26)4-2-5-28(34)36(47)44(29)30-14-15-33(45)39-35(30)46/h2-13,22,30H,14-21H2,1H3,(H,39,45,46)/t30-/m1/s1. The molecule has 0 radical (unpaired) electrons. The van der Waals surface area contributed by atoms with Gasteiger partial charge in [-0.05, 0) is 66.1 Å². The Balaban J connectivity index is 0.924. The number of imide groups is 1. The quantitative estimate of drug-likeness (QED) is 0.271. The molecule has 2 fully saturated rings. The molecule has 0 aliphatic carbocycles. The van der Waals surface area contributed by atoms with Gasteiger partial charge in [0.05, 0.1) is 5.69 Å². The zero-order valence-corrected chi connectivity index (χ0v) is 26.1. The molecule has 5 heterocycles. The van der Waals surface area contributed by atoms with E-state index in [4.69, 9.17) is 4.98 Å². The Bertz CT molecular complexity index is 2030. The average Bonchev–Trinajstić information content (AvgIpc) is 3.65. The predicted molar refractivity (Wildman–Crippen MR) is 178 cm³/mol. The topological polar surface area (TPSA) is 117 Å². The highest BCUT2D eigenvalue weighted by molar-refractivity contribution is 6.27. The van der Waals surface area contributed by atoms with Crippen LogP contribution in [0.3, 0.4) is 0 Å². The molecule has 3 aliphatic heterocycles. The minimum atomic E-state index is -0.685. The van der Waals surface area contributed by atoms with Gasteiger partial charge in [-0.2, -0.15) is 5.10 Å². The maximum atomic E-state index is 13.5. The van der Waals surface area contributed by atoms with Crippen LogP contribution in [0.2, 0.25) is 0 Å². The van der Waals surface area contributed by atoms with Crippen molar-refractivity contribution >= 4 is 40.0 Å². The summed E-state index contributed by atoms with van der Waals surface area (Å²) in [6, 6.07) is 23.9. The third-order valence-corrected chi connectivity index (χ3v) is 9.42. The van der Waals surface area contributed by atoms with Crippen molar-refractivity contribution in [1.29, 1.82) is 0 Å². The molecule has 1 N–H and O–H groups in total. The van der Waals surface area contributed by atoms with Gasteiger partial charge in [0.15, 0.2) is 5.82 Å². The van der Waals surface area contributed by atoms with E-state index in [2.05, 4.69) is 61.6 Å². The van der Waals surface area contributed by atoms with E-state index in [1.54, 1.807) is 15.9 Å². The second kappa shape index (κ2) is 11.7. The number of piperidine rings is 1. The van der Waals surface area contributed by atoms with Crippen molar-refractivity contribution < 1.29 is 14.4 Å². The van der Waals surface area contributed by atoms with Gasteiger partial charge in [-0.25, -0.2) is 14.6 Å². The molecular formula is C36H34N8O3. The van der Waals surface area contributed by atoms with Gasteiger partial charge in [0.1, 0.15) is 24.0 Å². The summed E-state index contributed by atoms with van der Waals surface area (Å²) in [5.41, 5.74) is 4.94. The number of aromatic nitrogens is 4. The zero-order chi connectivity index (χ0) is 32.1. The Morgan fingerprint density at radius 2 is 1.62 bits per heavy atom. The minimum absolute atomic E-state index is 0.186. The fraction of sp³-hybridized carbons (Fsp3) is 0.278. The number of carbonyl (C=O) groups excluding carboxylic acids is 3. The first-order chi connectivity index (χ1) is 22.9. The van der Waals surface area contributed by atoms with E-state index < -0.39 is 11.9 Å². The first-order valence-electron chi connectivity index (χ1n) is 16.0. The number of nitrogens with one attached hydrogen (secondary N) is 1. The summed E-state index contributed by atoms with van der Waals surface area (Å²) in [6.07, 6.45) is 2.97. The Hall–Kier alpha value is -5.42. The summed E-state index contributed by atoms with van der Waals surface area (Å²) in [7, 11) is 0. The number of rotatable bonds is 7. The van der Waals surface area contributed by atoms with Gasteiger partial charge in [0.2, 0.25) is 11.8 Å². The number of pyridine rings is 1. The largest absolute Gasteiger partial charge is 0.354 e. The zero-order valence-electron chi connectivity index (χ0n) is 26.1. The molecule has 8 rings (SSSR count). The van der Waals surface area contributed by atoms with Crippen LogP contribution >= 0.6 is 0 Å². The van der Waals surface area contributed by atoms with E-state index in [-0.39, 0.29) is 18.2 Å². The second-order valence-electron chi connectivity index (χ2n) is 12.5. The van der Waals surface area contributed by atoms with Crippen molar-refractivity contribution in [3.05, 3.63) is 107 Å². The first-order valence-corrected chi connectivity index (χ1v) is 16.0. The maximum Gasteiger partial charge on any atom is 0.259 e. The molecule has 2 saturated heterocycles. The SMILES string of the molecule is Cc1ncn(-c2cccc(N3CCN(Cc4ccc(Cc5ccc6c7c(cccc57)C(=O)N6[C@@H]5CCC(=O)NC5=O)cc4)CC3)n2)n1. The van der Waals surface area contributed by atoms with Crippen LogP contribution in [0, 0.1) is 6.92 Å². The van der Waals surface area contributed by atoms with Gasteiger partial charge in [0.25, 0.3) is 5.91 Å². The van der Waals surface area contributed by atoms with Gasteiger partial charge < -0.3 is 4.90 Å². The molecule has 3 aromatic carbocycles. The summed E-state index contributed by atoms with van der Waals surface area (Å²) in [6.45, 7) is 6.46. The molecule has 11 nitrogen and oxygen atoms in total. The summed E-state index contributed by atoms with van der Waals surface area (Å²) < 4.78 is 1.71. The Morgan fingerprint density at radius 1 is 0.851 bits per heavy atom.